The van der Waals surface area contributed by atoms with Crippen molar-refractivity contribution in [2.75, 3.05) is 20.1 Å². The second-order valence-corrected chi connectivity index (χ2v) is 6.61. The van der Waals surface area contributed by atoms with Crippen molar-refractivity contribution >= 4 is 11.8 Å². The van der Waals surface area contributed by atoms with Crippen LogP contribution in [-0.2, 0) is 4.79 Å². The molecule has 0 spiro atoms. The highest BCUT2D eigenvalue weighted by Crippen LogP contribution is 2.25. The molecule has 2 rings (SSSR count). The molecule has 5 nitrogen and oxygen atoms in total. The van der Waals surface area contributed by atoms with Crippen LogP contribution in [0.15, 0.2) is 30.3 Å². The maximum atomic E-state index is 12.2. The number of nitrogens with zero attached hydrogens (tertiary/aromatic N) is 1. The van der Waals surface area contributed by atoms with Gasteiger partial charge in [0, 0.05) is 38.0 Å². The number of nitrogens with one attached hydrogen (secondary N) is 1. The van der Waals surface area contributed by atoms with E-state index in [-0.39, 0.29) is 23.8 Å². The molecule has 1 fully saturated rings. The molecule has 0 aromatic heterocycles. The molecule has 1 aromatic rings. The first-order valence-corrected chi connectivity index (χ1v) is 8.83. The van der Waals surface area contributed by atoms with E-state index in [0.717, 1.165) is 25.7 Å². The van der Waals surface area contributed by atoms with Gasteiger partial charge in [0.2, 0.25) is 5.91 Å². The van der Waals surface area contributed by atoms with Gasteiger partial charge in [0.15, 0.2) is 0 Å². The minimum absolute atomic E-state index is 0.0710. The summed E-state index contributed by atoms with van der Waals surface area (Å²) in [5, 5.41) is 12.8. The third-order valence-electron chi connectivity index (χ3n) is 4.69. The largest absolute Gasteiger partial charge is 0.393 e. The lowest BCUT2D eigenvalue weighted by Crippen LogP contribution is -2.38. The van der Waals surface area contributed by atoms with E-state index >= 15 is 0 Å². The van der Waals surface area contributed by atoms with Gasteiger partial charge in [-0.15, -0.1) is 0 Å². The average Bonchev–Trinajstić information content (AvgIpc) is 2.61. The number of hydrogen-bond acceptors (Lipinski definition) is 3. The minimum atomic E-state index is -0.279. The molecular formula is C19H28N2O3. The van der Waals surface area contributed by atoms with Crippen molar-refractivity contribution in [3.8, 4) is 0 Å². The van der Waals surface area contributed by atoms with Crippen LogP contribution in [-0.4, -0.2) is 48.1 Å². The molecule has 1 saturated carbocycles. The van der Waals surface area contributed by atoms with Crippen LogP contribution in [0, 0.1) is 5.92 Å². The highest BCUT2D eigenvalue weighted by atomic mass is 16.3. The zero-order chi connectivity index (χ0) is 17.4. The molecule has 1 aromatic carbocycles. The predicted octanol–water partition coefficient (Wildman–Crippen LogP) is 2.21. The van der Waals surface area contributed by atoms with Crippen molar-refractivity contribution in [1.29, 1.82) is 0 Å². The van der Waals surface area contributed by atoms with E-state index in [0.29, 0.717) is 31.5 Å². The normalized spacial score (nSPS) is 20.4. The SMILES string of the molecule is CN(CC1CCCCC1O)C(=O)CCCNC(=O)c1ccccc1. The quantitative estimate of drug-likeness (QED) is 0.752. The molecule has 0 aliphatic heterocycles. The Morgan fingerprint density at radius 2 is 1.92 bits per heavy atom. The highest BCUT2D eigenvalue weighted by Gasteiger charge is 2.25. The van der Waals surface area contributed by atoms with E-state index < -0.39 is 0 Å². The second-order valence-electron chi connectivity index (χ2n) is 6.61. The smallest absolute Gasteiger partial charge is 0.251 e. The fourth-order valence-electron chi connectivity index (χ4n) is 3.18. The summed E-state index contributed by atoms with van der Waals surface area (Å²) in [7, 11) is 1.80. The molecule has 2 N–H and O–H groups in total. The third kappa shape index (κ3) is 5.64. The fourth-order valence-corrected chi connectivity index (χ4v) is 3.18. The van der Waals surface area contributed by atoms with Gasteiger partial charge in [-0.1, -0.05) is 31.0 Å². The van der Waals surface area contributed by atoms with Crippen molar-refractivity contribution in [2.45, 2.75) is 44.6 Å². The van der Waals surface area contributed by atoms with Crippen LogP contribution in [0.4, 0.5) is 0 Å². The molecule has 2 amide bonds. The summed E-state index contributed by atoms with van der Waals surface area (Å²) in [6.07, 6.45) is 4.80. The number of aliphatic hydroxyl groups excluding tert-OH is 1. The molecule has 24 heavy (non-hydrogen) atoms. The first-order valence-electron chi connectivity index (χ1n) is 8.83. The van der Waals surface area contributed by atoms with Crippen molar-refractivity contribution in [3.05, 3.63) is 35.9 Å². The van der Waals surface area contributed by atoms with E-state index in [2.05, 4.69) is 5.32 Å². The lowest BCUT2D eigenvalue weighted by Gasteiger charge is -2.31. The summed E-state index contributed by atoms with van der Waals surface area (Å²) in [4.78, 5) is 25.8. The van der Waals surface area contributed by atoms with Crippen LogP contribution < -0.4 is 5.32 Å². The van der Waals surface area contributed by atoms with Crippen molar-refractivity contribution in [1.82, 2.24) is 10.2 Å². The Morgan fingerprint density at radius 3 is 2.62 bits per heavy atom. The average molecular weight is 332 g/mol. The summed E-state index contributed by atoms with van der Waals surface area (Å²) in [5.74, 6) is 0.161. The van der Waals surface area contributed by atoms with Gasteiger partial charge in [-0.25, -0.2) is 0 Å². The Hall–Kier alpha value is -1.88. The molecule has 0 bridgehead atoms. The van der Waals surface area contributed by atoms with Gasteiger partial charge in [-0.2, -0.15) is 0 Å². The molecule has 2 atom stereocenters. The van der Waals surface area contributed by atoms with Crippen molar-refractivity contribution < 1.29 is 14.7 Å². The summed E-state index contributed by atoms with van der Waals surface area (Å²) < 4.78 is 0. The number of carbonyl (C=O) groups is 2. The molecule has 0 heterocycles. The molecule has 1 aliphatic carbocycles. The van der Waals surface area contributed by atoms with Gasteiger partial charge in [0.25, 0.3) is 5.91 Å². The van der Waals surface area contributed by atoms with Gasteiger partial charge in [-0.3, -0.25) is 9.59 Å². The number of aliphatic hydroxyl groups is 1. The zero-order valence-corrected chi connectivity index (χ0v) is 14.4. The molecule has 0 saturated heterocycles. The Kier molecular flexibility index (Phi) is 7.25. The standard InChI is InChI=1S/C19H28N2O3/c1-21(14-16-10-5-6-11-17(16)22)18(23)12-7-13-20-19(24)15-8-3-2-4-9-15/h2-4,8-9,16-17,22H,5-7,10-14H2,1H3,(H,20,24). The third-order valence-corrected chi connectivity index (χ3v) is 4.69. The predicted molar refractivity (Wildman–Crippen MR) is 93.6 cm³/mol. The summed E-state index contributed by atoms with van der Waals surface area (Å²) in [6, 6.07) is 9.06. The number of carbonyl (C=O) groups excluding carboxylic acids is 2. The topological polar surface area (TPSA) is 69.6 Å². The maximum Gasteiger partial charge on any atom is 0.251 e. The van der Waals surface area contributed by atoms with Gasteiger partial charge in [0.1, 0.15) is 0 Å². The van der Waals surface area contributed by atoms with Crippen molar-refractivity contribution in [2.24, 2.45) is 5.92 Å². The summed E-state index contributed by atoms with van der Waals surface area (Å²) in [6.45, 7) is 1.11. The molecule has 0 radical (unpaired) electrons. The van der Waals surface area contributed by atoms with Gasteiger partial charge in [0.05, 0.1) is 6.10 Å². The summed E-state index contributed by atoms with van der Waals surface area (Å²) >= 11 is 0. The highest BCUT2D eigenvalue weighted by molar-refractivity contribution is 5.94. The van der Waals surface area contributed by atoms with E-state index in [1.807, 2.05) is 18.2 Å². The monoisotopic (exact) mass is 332 g/mol. The number of amides is 2. The number of benzene rings is 1. The van der Waals surface area contributed by atoms with Crippen molar-refractivity contribution in [3.63, 3.8) is 0 Å². The van der Waals surface area contributed by atoms with Crippen LogP contribution in [0.5, 0.6) is 0 Å². The molecule has 5 heteroatoms. The lowest BCUT2D eigenvalue weighted by molar-refractivity contribution is -0.131. The molecule has 1 aliphatic rings. The Morgan fingerprint density at radius 1 is 1.21 bits per heavy atom. The zero-order valence-electron chi connectivity index (χ0n) is 14.4. The van der Waals surface area contributed by atoms with E-state index in [1.54, 1.807) is 24.1 Å². The molecule has 132 valence electrons. The minimum Gasteiger partial charge on any atom is -0.393 e. The van der Waals surface area contributed by atoms with Gasteiger partial charge >= 0.3 is 0 Å². The first-order chi connectivity index (χ1) is 11.6. The first kappa shape index (κ1) is 18.5. The number of rotatable bonds is 7. The molecular weight excluding hydrogens is 304 g/mol. The Balaban J connectivity index is 1.64. The Bertz CT molecular complexity index is 533. The summed E-state index contributed by atoms with van der Waals surface area (Å²) in [5.41, 5.74) is 0.632. The van der Waals surface area contributed by atoms with Crippen LogP contribution in [0.1, 0.15) is 48.9 Å². The molecule has 2 unspecified atom stereocenters. The number of hydrogen-bond donors (Lipinski definition) is 2. The van der Waals surface area contributed by atoms with E-state index in [4.69, 9.17) is 0 Å². The second kappa shape index (κ2) is 9.42. The van der Waals surface area contributed by atoms with Crippen LogP contribution >= 0.6 is 0 Å². The van der Waals surface area contributed by atoms with Crippen LogP contribution in [0.25, 0.3) is 0 Å². The van der Waals surface area contributed by atoms with Gasteiger partial charge < -0.3 is 15.3 Å². The lowest BCUT2D eigenvalue weighted by atomic mass is 9.86. The van der Waals surface area contributed by atoms with E-state index in [1.165, 1.54) is 0 Å². The van der Waals surface area contributed by atoms with Crippen LogP contribution in [0.3, 0.4) is 0 Å². The van der Waals surface area contributed by atoms with E-state index in [9.17, 15) is 14.7 Å². The maximum absolute atomic E-state index is 12.2. The Labute approximate surface area is 144 Å². The van der Waals surface area contributed by atoms with Crippen LogP contribution in [0.2, 0.25) is 0 Å². The van der Waals surface area contributed by atoms with Gasteiger partial charge in [-0.05, 0) is 31.4 Å². The fraction of sp³-hybridized carbons (Fsp3) is 0.579.